The number of carbonyl (C=O) groups is 1. The molecule has 2 fully saturated rings. The van der Waals surface area contributed by atoms with Crippen LogP contribution >= 0.6 is 0 Å². The summed E-state index contributed by atoms with van der Waals surface area (Å²) in [5.74, 6) is 0.696. The van der Waals surface area contributed by atoms with Gasteiger partial charge in [0.25, 0.3) is 0 Å². The lowest BCUT2D eigenvalue weighted by Gasteiger charge is -2.33. The van der Waals surface area contributed by atoms with E-state index < -0.39 is 0 Å². The predicted molar refractivity (Wildman–Crippen MR) is 72.3 cm³/mol. The monoisotopic (exact) mass is 252 g/mol. The first-order valence-corrected chi connectivity index (χ1v) is 7.02. The number of piperidine rings is 1. The van der Waals surface area contributed by atoms with Crippen LogP contribution in [0.1, 0.15) is 45.4 Å². The first-order chi connectivity index (χ1) is 8.66. The molecule has 3 N–H and O–H groups in total. The molecule has 1 saturated carbocycles. The van der Waals surface area contributed by atoms with Crippen LogP contribution in [0.3, 0.4) is 0 Å². The van der Waals surface area contributed by atoms with E-state index in [1.807, 2.05) is 4.90 Å². The first-order valence-electron chi connectivity index (χ1n) is 7.02. The van der Waals surface area contributed by atoms with E-state index in [2.05, 4.69) is 17.2 Å². The van der Waals surface area contributed by atoms with Crippen molar-refractivity contribution in [1.29, 1.82) is 0 Å². The molecule has 1 amide bonds. The average Bonchev–Trinajstić information content (AvgIpc) is 3.13. The molecule has 1 aliphatic heterocycles. The molecule has 0 aromatic carbocycles. The minimum absolute atomic E-state index is 0.213. The number of guanidine groups is 1. The van der Waals surface area contributed by atoms with Crippen LogP contribution in [0.4, 0.5) is 0 Å². The molecule has 0 spiro atoms. The summed E-state index contributed by atoms with van der Waals surface area (Å²) in [5.41, 5.74) is 5.72. The second-order valence-corrected chi connectivity index (χ2v) is 5.37. The molecule has 102 valence electrons. The van der Waals surface area contributed by atoms with E-state index in [1.165, 1.54) is 19.3 Å². The largest absolute Gasteiger partial charge is 0.370 e. The molecule has 2 aliphatic rings. The zero-order chi connectivity index (χ0) is 13.0. The highest BCUT2D eigenvalue weighted by atomic mass is 16.2. The molecule has 2 rings (SSSR count). The van der Waals surface area contributed by atoms with Crippen LogP contribution in [0.15, 0.2) is 4.99 Å². The van der Waals surface area contributed by atoms with Gasteiger partial charge in [0, 0.05) is 25.0 Å². The van der Waals surface area contributed by atoms with Gasteiger partial charge in [-0.15, -0.1) is 0 Å². The zero-order valence-electron chi connectivity index (χ0n) is 11.2. The number of hydrogen-bond donors (Lipinski definition) is 2. The van der Waals surface area contributed by atoms with E-state index >= 15 is 0 Å². The lowest BCUT2D eigenvalue weighted by atomic mass is 10.0. The van der Waals surface area contributed by atoms with E-state index in [9.17, 15) is 4.79 Å². The molecule has 1 atom stereocenters. The van der Waals surface area contributed by atoms with Gasteiger partial charge in [-0.25, -0.2) is 0 Å². The van der Waals surface area contributed by atoms with Crippen molar-refractivity contribution in [1.82, 2.24) is 10.2 Å². The van der Waals surface area contributed by atoms with Crippen molar-refractivity contribution in [3.05, 3.63) is 0 Å². The normalized spacial score (nSPS) is 25.1. The van der Waals surface area contributed by atoms with Crippen LogP contribution < -0.4 is 11.1 Å². The first kappa shape index (κ1) is 13.2. The Morgan fingerprint density at radius 2 is 2.17 bits per heavy atom. The maximum Gasteiger partial charge on any atom is 0.224 e. The van der Waals surface area contributed by atoms with Crippen LogP contribution in [-0.2, 0) is 4.79 Å². The molecular formula is C13H24N4O. The maximum atomic E-state index is 12.0. The van der Waals surface area contributed by atoms with Gasteiger partial charge in [-0.05, 0) is 39.0 Å². The Hall–Kier alpha value is -1.26. The third-order valence-corrected chi connectivity index (χ3v) is 3.66. The molecule has 1 heterocycles. The van der Waals surface area contributed by atoms with Crippen LogP contribution in [0.5, 0.6) is 0 Å². The fourth-order valence-corrected chi connectivity index (χ4v) is 2.37. The van der Waals surface area contributed by atoms with Crippen LogP contribution in [0.2, 0.25) is 0 Å². The van der Waals surface area contributed by atoms with Crippen molar-refractivity contribution in [2.45, 2.75) is 57.5 Å². The van der Waals surface area contributed by atoms with Crippen LogP contribution in [0, 0.1) is 0 Å². The van der Waals surface area contributed by atoms with Crippen molar-refractivity contribution in [3.63, 3.8) is 0 Å². The molecule has 0 aromatic rings. The number of carbonyl (C=O) groups excluding carboxylic acids is 1. The maximum absolute atomic E-state index is 12.0. The van der Waals surface area contributed by atoms with Gasteiger partial charge in [-0.2, -0.15) is 0 Å². The summed E-state index contributed by atoms with van der Waals surface area (Å²) in [7, 11) is 0. The molecule has 0 unspecified atom stereocenters. The number of nitrogens with zero attached hydrogens (tertiary/aromatic N) is 2. The number of aliphatic imine (C=N–C) groups is 1. The van der Waals surface area contributed by atoms with E-state index in [4.69, 9.17) is 5.73 Å². The van der Waals surface area contributed by atoms with Gasteiger partial charge in [-0.1, -0.05) is 0 Å². The number of nitrogens with two attached hydrogens (primary N) is 1. The van der Waals surface area contributed by atoms with Crippen molar-refractivity contribution < 1.29 is 4.79 Å². The number of likely N-dealkylation sites (tertiary alicyclic amines) is 1. The summed E-state index contributed by atoms with van der Waals surface area (Å²) < 4.78 is 0. The molecular weight excluding hydrogens is 228 g/mol. The van der Waals surface area contributed by atoms with E-state index in [-0.39, 0.29) is 5.91 Å². The van der Waals surface area contributed by atoms with Gasteiger partial charge in [0.05, 0.1) is 6.54 Å². The molecule has 1 saturated heterocycles. The van der Waals surface area contributed by atoms with Gasteiger partial charge in [0.1, 0.15) is 0 Å². The molecule has 0 aromatic heterocycles. The topological polar surface area (TPSA) is 70.7 Å². The van der Waals surface area contributed by atoms with E-state index in [0.717, 1.165) is 19.4 Å². The fourth-order valence-electron chi connectivity index (χ4n) is 2.37. The molecule has 5 heteroatoms. The molecule has 0 radical (unpaired) electrons. The number of hydrogen-bond acceptors (Lipinski definition) is 2. The van der Waals surface area contributed by atoms with Crippen LogP contribution in [0.25, 0.3) is 0 Å². The molecule has 5 nitrogen and oxygen atoms in total. The minimum atomic E-state index is 0.213. The molecule has 0 bridgehead atoms. The van der Waals surface area contributed by atoms with Gasteiger partial charge in [0.2, 0.25) is 5.91 Å². The minimum Gasteiger partial charge on any atom is -0.370 e. The third-order valence-electron chi connectivity index (χ3n) is 3.66. The lowest BCUT2D eigenvalue weighted by molar-refractivity contribution is -0.134. The summed E-state index contributed by atoms with van der Waals surface area (Å²) in [4.78, 5) is 18.2. The highest BCUT2D eigenvalue weighted by Gasteiger charge is 2.23. The lowest BCUT2D eigenvalue weighted by Crippen LogP contribution is -2.42. The molecule has 18 heavy (non-hydrogen) atoms. The zero-order valence-corrected chi connectivity index (χ0v) is 11.2. The summed E-state index contributed by atoms with van der Waals surface area (Å²) in [6.07, 6.45) is 6.32. The van der Waals surface area contributed by atoms with Gasteiger partial charge < -0.3 is 16.0 Å². The Bertz CT molecular complexity index is 325. The highest BCUT2D eigenvalue weighted by molar-refractivity contribution is 5.80. The van der Waals surface area contributed by atoms with Crippen molar-refractivity contribution >= 4 is 11.9 Å². The predicted octanol–water partition coefficient (Wildman–Crippen LogP) is 0.844. The fraction of sp³-hybridized carbons (Fsp3) is 0.846. The quantitative estimate of drug-likeness (QED) is 0.575. The number of nitrogens with one attached hydrogen (secondary N) is 1. The Labute approximate surface area is 109 Å². The van der Waals surface area contributed by atoms with E-state index in [1.54, 1.807) is 0 Å². The smallest absolute Gasteiger partial charge is 0.224 e. The van der Waals surface area contributed by atoms with E-state index in [0.29, 0.717) is 31.0 Å². The Balaban J connectivity index is 1.69. The van der Waals surface area contributed by atoms with Crippen LogP contribution in [-0.4, -0.2) is 41.9 Å². The van der Waals surface area contributed by atoms with Crippen molar-refractivity contribution in [2.24, 2.45) is 10.7 Å². The van der Waals surface area contributed by atoms with Crippen molar-refractivity contribution in [2.75, 3.05) is 13.1 Å². The summed E-state index contributed by atoms with van der Waals surface area (Å²) in [6.45, 7) is 3.52. The highest BCUT2D eigenvalue weighted by Crippen LogP contribution is 2.18. The third kappa shape index (κ3) is 3.89. The Morgan fingerprint density at radius 1 is 1.39 bits per heavy atom. The number of rotatable bonds is 4. The second-order valence-electron chi connectivity index (χ2n) is 5.37. The summed E-state index contributed by atoms with van der Waals surface area (Å²) >= 11 is 0. The standard InChI is InChI=1S/C13H24N4O/c1-10-4-2-3-9-17(10)12(18)7-8-15-13(14)16-11-5-6-11/h10-11H,2-9H2,1H3,(H3,14,15,16)/t10-/m1/s1. The average molecular weight is 252 g/mol. The second kappa shape index (κ2) is 6.07. The number of amides is 1. The van der Waals surface area contributed by atoms with Gasteiger partial charge in [-0.3, -0.25) is 9.79 Å². The SMILES string of the molecule is C[C@@H]1CCCCN1C(=O)CCN=C(N)NC1CC1. The Morgan fingerprint density at radius 3 is 2.83 bits per heavy atom. The summed E-state index contributed by atoms with van der Waals surface area (Å²) in [6, 6.07) is 0.906. The Kier molecular flexibility index (Phi) is 4.44. The molecule has 1 aliphatic carbocycles. The van der Waals surface area contributed by atoms with Gasteiger partial charge >= 0.3 is 0 Å². The summed E-state index contributed by atoms with van der Waals surface area (Å²) in [5, 5.41) is 3.12. The van der Waals surface area contributed by atoms with Gasteiger partial charge in [0.15, 0.2) is 5.96 Å². The van der Waals surface area contributed by atoms with Crippen molar-refractivity contribution in [3.8, 4) is 0 Å².